The molecule has 3 aromatic rings. The van der Waals surface area contributed by atoms with E-state index in [1.807, 2.05) is 44.2 Å². The van der Waals surface area contributed by atoms with Gasteiger partial charge in [-0.3, -0.25) is 0 Å². The van der Waals surface area contributed by atoms with Gasteiger partial charge in [0.05, 0.1) is 16.8 Å². The first-order valence-corrected chi connectivity index (χ1v) is 7.66. The molecule has 0 fully saturated rings. The van der Waals surface area contributed by atoms with Crippen molar-refractivity contribution < 1.29 is 9.90 Å². The lowest BCUT2D eigenvalue weighted by Gasteiger charge is -2.10. The van der Waals surface area contributed by atoms with Crippen molar-refractivity contribution in [2.24, 2.45) is 0 Å². The van der Waals surface area contributed by atoms with Crippen LogP contribution < -0.4 is 0 Å². The molecule has 3 nitrogen and oxygen atoms in total. The first-order valence-electron chi connectivity index (χ1n) is 6.87. The number of hydrogen-bond donors (Lipinski definition) is 1. The summed E-state index contributed by atoms with van der Waals surface area (Å²) in [5, 5.41) is 10.2. The van der Waals surface area contributed by atoms with Gasteiger partial charge in [0.2, 0.25) is 0 Å². The number of halogens is 1. The van der Waals surface area contributed by atoms with Crippen molar-refractivity contribution in [3.63, 3.8) is 0 Å². The molecule has 0 unspecified atom stereocenters. The third kappa shape index (κ3) is 2.62. The Balaban J connectivity index is 2.35. The number of carboxylic acids is 1. The molecule has 0 radical (unpaired) electrons. The van der Waals surface area contributed by atoms with E-state index >= 15 is 0 Å². The molecule has 1 aromatic heterocycles. The number of pyridine rings is 1. The largest absolute Gasteiger partial charge is 0.478 e. The predicted molar refractivity (Wildman–Crippen MR) is 91.3 cm³/mol. The molecule has 0 amide bonds. The van der Waals surface area contributed by atoms with Gasteiger partial charge < -0.3 is 5.11 Å². The molecule has 110 valence electrons. The van der Waals surface area contributed by atoms with E-state index in [0.29, 0.717) is 16.6 Å². The van der Waals surface area contributed by atoms with Gasteiger partial charge >= 0.3 is 5.97 Å². The van der Waals surface area contributed by atoms with Gasteiger partial charge in [0, 0.05) is 15.4 Å². The first-order chi connectivity index (χ1) is 10.5. The molecule has 0 aliphatic carbocycles. The van der Waals surface area contributed by atoms with E-state index < -0.39 is 5.97 Å². The molecule has 0 bridgehead atoms. The van der Waals surface area contributed by atoms with Crippen LogP contribution in [0.4, 0.5) is 0 Å². The average Bonchev–Trinajstić information content (AvgIpc) is 2.48. The SMILES string of the molecule is Cc1ccc(C)c(-c2cc(C(=O)O)c3ccc(Br)cc3n2)c1. The Morgan fingerprint density at radius 3 is 2.59 bits per heavy atom. The molecular weight excluding hydrogens is 342 g/mol. The normalized spacial score (nSPS) is 10.9. The van der Waals surface area contributed by atoms with Crippen molar-refractivity contribution in [2.45, 2.75) is 13.8 Å². The lowest BCUT2D eigenvalue weighted by Crippen LogP contribution is -2.01. The topological polar surface area (TPSA) is 50.2 Å². The minimum Gasteiger partial charge on any atom is -0.478 e. The standard InChI is InChI=1S/C18H14BrNO2/c1-10-3-4-11(2)14(7-10)17-9-15(18(21)22)13-6-5-12(19)8-16(13)20-17/h3-9H,1-2H3,(H,21,22). The maximum Gasteiger partial charge on any atom is 0.336 e. The molecule has 0 atom stereocenters. The van der Waals surface area contributed by atoms with Crippen molar-refractivity contribution in [3.05, 3.63) is 63.6 Å². The van der Waals surface area contributed by atoms with Crippen LogP contribution in [0, 0.1) is 13.8 Å². The van der Waals surface area contributed by atoms with Crippen LogP contribution in [0.15, 0.2) is 46.9 Å². The number of carbonyl (C=O) groups is 1. The van der Waals surface area contributed by atoms with Crippen molar-refractivity contribution >= 4 is 32.8 Å². The maximum atomic E-state index is 11.6. The molecule has 3 rings (SSSR count). The Hall–Kier alpha value is -2.20. The highest BCUT2D eigenvalue weighted by atomic mass is 79.9. The molecule has 1 heterocycles. The molecule has 0 aliphatic heterocycles. The minimum absolute atomic E-state index is 0.272. The average molecular weight is 356 g/mol. The number of nitrogens with zero attached hydrogens (tertiary/aromatic N) is 1. The molecule has 22 heavy (non-hydrogen) atoms. The summed E-state index contributed by atoms with van der Waals surface area (Å²) in [6, 6.07) is 13.2. The quantitative estimate of drug-likeness (QED) is 0.705. The summed E-state index contributed by atoms with van der Waals surface area (Å²) in [6.45, 7) is 4.01. The van der Waals surface area contributed by atoms with E-state index in [0.717, 1.165) is 21.2 Å². The highest BCUT2D eigenvalue weighted by molar-refractivity contribution is 9.10. The van der Waals surface area contributed by atoms with E-state index in [9.17, 15) is 9.90 Å². The Morgan fingerprint density at radius 2 is 1.86 bits per heavy atom. The molecule has 4 heteroatoms. The molecule has 0 saturated carbocycles. The molecular formula is C18H14BrNO2. The van der Waals surface area contributed by atoms with Gasteiger partial charge in [-0.25, -0.2) is 9.78 Å². The van der Waals surface area contributed by atoms with Gasteiger partial charge in [0.15, 0.2) is 0 Å². The highest BCUT2D eigenvalue weighted by Crippen LogP contribution is 2.29. The Labute approximate surface area is 136 Å². The van der Waals surface area contributed by atoms with Crippen LogP contribution >= 0.6 is 15.9 Å². The van der Waals surface area contributed by atoms with Gasteiger partial charge in [-0.1, -0.05) is 39.7 Å². The zero-order valence-corrected chi connectivity index (χ0v) is 13.8. The van der Waals surface area contributed by atoms with Crippen LogP contribution in [0.5, 0.6) is 0 Å². The number of rotatable bonds is 2. The van der Waals surface area contributed by atoms with Crippen LogP contribution in [0.25, 0.3) is 22.2 Å². The molecule has 0 spiro atoms. The zero-order valence-electron chi connectivity index (χ0n) is 12.2. The number of fused-ring (bicyclic) bond motifs is 1. The summed E-state index contributed by atoms with van der Waals surface area (Å²) in [4.78, 5) is 16.3. The van der Waals surface area contributed by atoms with Crippen LogP contribution in [-0.2, 0) is 0 Å². The number of benzene rings is 2. The van der Waals surface area contributed by atoms with E-state index in [1.54, 1.807) is 12.1 Å². The van der Waals surface area contributed by atoms with Gasteiger partial charge in [0.25, 0.3) is 0 Å². The van der Waals surface area contributed by atoms with Crippen molar-refractivity contribution in [1.82, 2.24) is 4.98 Å². The lowest BCUT2D eigenvalue weighted by atomic mass is 9.99. The Morgan fingerprint density at radius 1 is 1.09 bits per heavy atom. The van der Waals surface area contributed by atoms with Crippen LogP contribution in [0.3, 0.4) is 0 Å². The second-order valence-corrected chi connectivity index (χ2v) is 6.26. The van der Waals surface area contributed by atoms with E-state index in [1.165, 1.54) is 0 Å². The van der Waals surface area contributed by atoms with E-state index in [-0.39, 0.29) is 5.56 Å². The van der Waals surface area contributed by atoms with Gasteiger partial charge in [-0.05, 0) is 43.7 Å². The van der Waals surface area contributed by atoms with E-state index in [4.69, 9.17) is 0 Å². The second kappa shape index (κ2) is 5.54. The van der Waals surface area contributed by atoms with Gasteiger partial charge in [-0.2, -0.15) is 0 Å². The fourth-order valence-electron chi connectivity index (χ4n) is 2.53. The summed E-state index contributed by atoms with van der Waals surface area (Å²) < 4.78 is 0.877. The minimum atomic E-state index is -0.943. The van der Waals surface area contributed by atoms with Crippen molar-refractivity contribution in [2.75, 3.05) is 0 Å². The Bertz CT molecular complexity index is 903. The summed E-state index contributed by atoms with van der Waals surface area (Å²) in [5.74, 6) is -0.943. The fourth-order valence-corrected chi connectivity index (χ4v) is 2.88. The summed E-state index contributed by atoms with van der Waals surface area (Å²) >= 11 is 3.41. The smallest absolute Gasteiger partial charge is 0.336 e. The third-order valence-corrected chi connectivity index (χ3v) is 4.16. The molecule has 2 aromatic carbocycles. The van der Waals surface area contributed by atoms with Crippen molar-refractivity contribution in [3.8, 4) is 11.3 Å². The fraction of sp³-hybridized carbons (Fsp3) is 0.111. The highest BCUT2D eigenvalue weighted by Gasteiger charge is 2.14. The predicted octanol–water partition coefficient (Wildman–Crippen LogP) is 4.98. The van der Waals surface area contributed by atoms with Crippen LogP contribution in [0.1, 0.15) is 21.5 Å². The zero-order chi connectivity index (χ0) is 15.9. The van der Waals surface area contributed by atoms with E-state index in [2.05, 4.69) is 20.9 Å². The molecule has 1 N–H and O–H groups in total. The number of hydrogen-bond acceptors (Lipinski definition) is 2. The first kappa shape index (κ1) is 14.7. The monoisotopic (exact) mass is 355 g/mol. The molecule has 0 aliphatic rings. The maximum absolute atomic E-state index is 11.6. The van der Waals surface area contributed by atoms with Gasteiger partial charge in [-0.15, -0.1) is 0 Å². The second-order valence-electron chi connectivity index (χ2n) is 5.34. The lowest BCUT2D eigenvalue weighted by molar-refractivity contribution is 0.0699. The number of aromatic carboxylic acids is 1. The number of aryl methyl sites for hydroxylation is 2. The Kier molecular flexibility index (Phi) is 3.71. The van der Waals surface area contributed by atoms with Gasteiger partial charge in [0.1, 0.15) is 0 Å². The number of aromatic nitrogens is 1. The molecule has 0 saturated heterocycles. The summed E-state index contributed by atoms with van der Waals surface area (Å²) in [5.41, 5.74) is 4.78. The third-order valence-electron chi connectivity index (χ3n) is 3.67. The van der Waals surface area contributed by atoms with Crippen LogP contribution in [-0.4, -0.2) is 16.1 Å². The van der Waals surface area contributed by atoms with Crippen molar-refractivity contribution in [1.29, 1.82) is 0 Å². The summed E-state index contributed by atoms with van der Waals surface area (Å²) in [6.07, 6.45) is 0. The van der Waals surface area contributed by atoms with Crippen LogP contribution in [0.2, 0.25) is 0 Å². The summed E-state index contributed by atoms with van der Waals surface area (Å²) in [7, 11) is 0. The number of carboxylic acid groups (broad SMARTS) is 1.